The Bertz CT molecular complexity index is 681. The molecular formula is C19H20FNO3. The molecule has 2 aromatic carbocycles. The highest BCUT2D eigenvalue weighted by Crippen LogP contribution is 2.16. The van der Waals surface area contributed by atoms with Crippen molar-refractivity contribution in [2.45, 2.75) is 25.5 Å². The number of carbonyl (C=O) groups is 1. The Kier molecular flexibility index (Phi) is 5.43. The fourth-order valence-corrected chi connectivity index (χ4v) is 2.59. The van der Waals surface area contributed by atoms with Crippen molar-refractivity contribution >= 4 is 5.91 Å². The van der Waals surface area contributed by atoms with Crippen LogP contribution < -0.4 is 10.1 Å². The lowest BCUT2D eigenvalue weighted by molar-refractivity contribution is 0.0679. The van der Waals surface area contributed by atoms with E-state index in [0.29, 0.717) is 23.5 Å². The third-order valence-electron chi connectivity index (χ3n) is 3.97. The summed E-state index contributed by atoms with van der Waals surface area (Å²) < 4.78 is 24.7. The van der Waals surface area contributed by atoms with Crippen LogP contribution in [0.1, 0.15) is 28.8 Å². The van der Waals surface area contributed by atoms with Crippen LogP contribution in [0.4, 0.5) is 4.39 Å². The van der Waals surface area contributed by atoms with Crippen molar-refractivity contribution in [3.8, 4) is 5.75 Å². The van der Waals surface area contributed by atoms with Gasteiger partial charge in [0, 0.05) is 24.3 Å². The molecule has 0 saturated carbocycles. The van der Waals surface area contributed by atoms with Crippen molar-refractivity contribution in [1.29, 1.82) is 0 Å². The molecule has 0 radical (unpaired) electrons. The van der Waals surface area contributed by atoms with Crippen LogP contribution in [0.3, 0.4) is 0 Å². The van der Waals surface area contributed by atoms with Gasteiger partial charge in [0.15, 0.2) is 0 Å². The monoisotopic (exact) mass is 329 g/mol. The number of hydrogen-bond acceptors (Lipinski definition) is 3. The zero-order valence-corrected chi connectivity index (χ0v) is 13.3. The van der Waals surface area contributed by atoms with Gasteiger partial charge in [0.2, 0.25) is 0 Å². The van der Waals surface area contributed by atoms with Gasteiger partial charge in [-0.2, -0.15) is 0 Å². The molecular weight excluding hydrogens is 309 g/mol. The fourth-order valence-electron chi connectivity index (χ4n) is 2.59. The molecule has 1 fully saturated rings. The Hall–Kier alpha value is -2.40. The Morgan fingerprint density at radius 3 is 2.71 bits per heavy atom. The lowest BCUT2D eigenvalue weighted by Crippen LogP contribution is -2.23. The number of rotatable bonds is 6. The Labute approximate surface area is 140 Å². The highest BCUT2D eigenvalue weighted by molar-refractivity contribution is 5.94. The minimum absolute atomic E-state index is 0.156. The summed E-state index contributed by atoms with van der Waals surface area (Å²) in [6.07, 6.45) is 2.26. The van der Waals surface area contributed by atoms with Crippen molar-refractivity contribution in [3.63, 3.8) is 0 Å². The molecule has 1 aliphatic rings. The van der Waals surface area contributed by atoms with Gasteiger partial charge in [0.1, 0.15) is 18.2 Å². The van der Waals surface area contributed by atoms with E-state index in [1.165, 1.54) is 6.07 Å². The minimum Gasteiger partial charge on any atom is -0.491 e. The largest absolute Gasteiger partial charge is 0.491 e. The molecule has 24 heavy (non-hydrogen) atoms. The first-order valence-electron chi connectivity index (χ1n) is 8.08. The molecule has 4 nitrogen and oxygen atoms in total. The molecule has 0 spiro atoms. The molecule has 0 aliphatic carbocycles. The van der Waals surface area contributed by atoms with Crippen LogP contribution in [0, 0.1) is 5.82 Å². The van der Waals surface area contributed by atoms with E-state index in [9.17, 15) is 9.18 Å². The maximum Gasteiger partial charge on any atom is 0.251 e. The fraction of sp³-hybridized carbons (Fsp3) is 0.316. The van der Waals surface area contributed by atoms with Gasteiger partial charge in [-0.25, -0.2) is 4.39 Å². The number of amides is 1. The van der Waals surface area contributed by atoms with Gasteiger partial charge >= 0.3 is 0 Å². The second kappa shape index (κ2) is 7.93. The summed E-state index contributed by atoms with van der Waals surface area (Å²) in [7, 11) is 0. The quantitative estimate of drug-likeness (QED) is 0.884. The zero-order valence-electron chi connectivity index (χ0n) is 13.3. The summed E-state index contributed by atoms with van der Waals surface area (Å²) in [5, 5.41) is 2.71. The molecule has 0 bridgehead atoms. The van der Waals surface area contributed by atoms with Crippen LogP contribution in [0.25, 0.3) is 0 Å². The molecule has 1 saturated heterocycles. The van der Waals surface area contributed by atoms with Crippen LogP contribution in [-0.2, 0) is 11.3 Å². The summed E-state index contributed by atoms with van der Waals surface area (Å²) in [5.74, 6) is 0.135. The molecule has 0 aromatic heterocycles. The average molecular weight is 329 g/mol. The van der Waals surface area contributed by atoms with E-state index < -0.39 is 0 Å². The van der Waals surface area contributed by atoms with Crippen LogP contribution >= 0.6 is 0 Å². The normalized spacial score (nSPS) is 16.8. The maximum atomic E-state index is 13.5. The minimum atomic E-state index is -0.323. The third-order valence-corrected chi connectivity index (χ3v) is 3.97. The zero-order chi connectivity index (χ0) is 16.8. The van der Waals surface area contributed by atoms with E-state index in [1.54, 1.807) is 42.5 Å². The Balaban J connectivity index is 1.50. The van der Waals surface area contributed by atoms with Gasteiger partial charge in [-0.1, -0.05) is 18.2 Å². The first kappa shape index (κ1) is 16.5. The first-order valence-corrected chi connectivity index (χ1v) is 8.08. The molecule has 1 amide bonds. The van der Waals surface area contributed by atoms with Crippen molar-refractivity contribution in [3.05, 3.63) is 65.5 Å². The average Bonchev–Trinajstić information content (AvgIpc) is 3.13. The van der Waals surface area contributed by atoms with E-state index in [0.717, 1.165) is 19.4 Å². The van der Waals surface area contributed by atoms with Crippen molar-refractivity contribution in [1.82, 2.24) is 5.32 Å². The lowest BCUT2D eigenvalue weighted by atomic mass is 10.2. The molecule has 1 heterocycles. The Morgan fingerprint density at radius 2 is 2.00 bits per heavy atom. The number of ether oxygens (including phenoxy) is 2. The summed E-state index contributed by atoms with van der Waals surface area (Å²) >= 11 is 0. The number of nitrogens with one attached hydrogen (secondary N) is 1. The number of halogens is 1. The summed E-state index contributed by atoms with van der Waals surface area (Å²) in [6, 6.07) is 13.3. The van der Waals surface area contributed by atoms with Crippen LogP contribution in [0.5, 0.6) is 5.75 Å². The summed E-state index contributed by atoms with van der Waals surface area (Å²) in [4.78, 5) is 12.1. The van der Waals surface area contributed by atoms with Gasteiger partial charge in [0.05, 0.1) is 6.10 Å². The van der Waals surface area contributed by atoms with Gasteiger partial charge in [-0.3, -0.25) is 4.79 Å². The number of carbonyl (C=O) groups excluding carboxylic acids is 1. The molecule has 1 aliphatic heterocycles. The molecule has 0 unspecified atom stereocenters. The van der Waals surface area contributed by atoms with Gasteiger partial charge in [0.25, 0.3) is 5.91 Å². The van der Waals surface area contributed by atoms with Gasteiger partial charge in [-0.15, -0.1) is 0 Å². The summed E-state index contributed by atoms with van der Waals surface area (Å²) in [6.45, 7) is 1.48. The molecule has 2 aromatic rings. The van der Waals surface area contributed by atoms with Crippen LogP contribution in [0.15, 0.2) is 48.5 Å². The van der Waals surface area contributed by atoms with E-state index in [4.69, 9.17) is 9.47 Å². The molecule has 3 rings (SSSR count). The molecule has 1 atom stereocenters. The van der Waals surface area contributed by atoms with Crippen molar-refractivity contribution in [2.75, 3.05) is 13.2 Å². The lowest BCUT2D eigenvalue weighted by Gasteiger charge is -2.12. The highest BCUT2D eigenvalue weighted by atomic mass is 19.1. The topological polar surface area (TPSA) is 47.6 Å². The van der Waals surface area contributed by atoms with Crippen molar-refractivity contribution < 1.29 is 18.7 Å². The highest BCUT2D eigenvalue weighted by Gasteiger charge is 2.16. The van der Waals surface area contributed by atoms with Gasteiger partial charge < -0.3 is 14.8 Å². The van der Waals surface area contributed by atoms with Crippen LogP contribution in [-0.4, -0.2) is 25.2 Å². The first-order chi connectivity index (χ1) is 11.7. The second-order valence-electron chi connectivity index (χ2n) is 5.74. The number of hydrogen-bond donors (Lipinski definition) is 1. The summed E-state index contributed by atoms with van der Waals surface area (Å²) in [5.41, 5.74) is 0.971. The molecule has 126 valence electrons. The number of benzene rings is 2. The van der Waals surface area contributed by atoms with E-state index >= 15 is 0 Å². The second-order valence-corrected chi connectivity index (χ2v) is 5.74. The van der Waals surface area contributed by atoms with Crippen LogP contribution in [0.2, 0.25) is 0 Å². The predicted octanol–water partition coefficient (Wildman–Crippen LogP) is 3.31. The Morgan fingerprint density at radius 1 is 1.21 bits per heavy atom. The maximum absolute atomic E-state index is 13.5. The molecule has 1 N–H and O–H groups in total. The van der Waals surface area contributed by atoms with Crippen molar-refractivity contribution in [2.24, 2.45) is 0 Å². The van der Waals surface area contributed by atoms with E-state index in [-0.39, 0.29) is 24.4 Å². The SMILES string of the molecule is O=C(NCc1ccccc1F)c1ccc(OC[C@H]2CCCO2)cc1. The molecule has 5 heteroatoms. The van der Waals surface area contributed by atoms with E-state index in [2.05, 4.69) is 5.32 Å². The van der Waals surface area contributed by atoms with E-state index in [1.807, 2.05) is 0 Å². The smallest absolute Gasteiger partial charge is 0.251 e. The predicted molar refractivity (Wildman–Crippen MR) is 88.5 cm³/mol. The third kappa shape index (κ3) is 4.32. The standard InChI is InChI=1S/C19H20FNO3/c20-18-6-2-1-4-15(18)12-21-19(22)14-7-9-16(10-8-14)24-13-17-5-3-11-23-17/h1-2,4,6-10,17H,3,5,11-13H2,(H,21,22)/t17-/m1/s1. The van der Waals surface area contributed by atoms with Gasteiger partial charge in [-0.05, 0) is 43.2 Å².